The Balaban J connectivity index is 1.50. The molecule has 154 valence electrons. The highest BCUT2D eigenvalue weighted by Gasteiger charge is 2.22. The number of methoxy groups -OCH3 is 1. The fourth-order valence-electron chi connectivity index (χ4n) is 4.32. The van der Waals surface area contributed by atoms with Crippen molar-refractivity contribution in [1.82, 2.24) is 19.6 Å². The van der Waals surface area contributed by atoms with Crippen molar-refractivity contribution in [3.05, 3.63) is 46.2 Å². The number of hydrogen-bond donors (Lipinski definition) is 0. The minimum Gasteiger partial charge on any atom is -0.496 e. The molecule has 0 spiro atoms. The number of aromatic nitrogens is 2. The van der Waals surface area contributed by atoms with E-state index in [2.05, 4.69) is 40.1 Å². The highest BCUT2D eigenvalue weighted by molar-refractivity contribution is 6.30. The first-order valence-corrected chi connectivity index (χ1v) is 10.6. The van der Waals surface area contributed by atoms with Gasteiger partial charge in [-0.25, -0.2) is 0 Å². The van der Waals surface area contributed by atoms with Crippen LogP contribution in [0.3, 0.4) is 0 Å². The van der Waals surface area contributed by atoms with Gasteiger partial charge in [0.1, 0.15) is 10.9 Å². The summed E-state index contributed by atoms with van der Waals surface area (Å²) in [7, 11) is 5.85. The summed E-state index contributed by atoms with van der Waals surface area (Å²) in [4.78, 5) is 5.00. The van der Waals surface area contributed by atoms with Crippen LogP contribution in [0.2, 0.25) is 5.15 Å². The van der Waals surface area contributed by atoms with Crippen LogP contribution in [-0.2, 0) is 20.0 Å². The van der Waals surface area contributed by atoms with Crippen LogP contribution in [0.4, 0.5) is 0 Å². The Labute approximate surface area is 174 Å². The standard InChI is InChI=1S/C22H33ClN4O/c1-17-20(22(23)26(3)24-17)16-25(2)14-18-8-7-12-27(15-18)13-11-19-9-5-6-10-21(19)28-4/h5-6,9-10,18H,7-8,11-16H2,1-4H3/t18-/m0/s1. The lowest BCUT2D eigenvalue weighted by Crippen LogP contribution is -2.40. The van der Waals surface area contributed by atoms with Gasteiger partial charge in [0.15, 0.2) is 0 Å². The molecule has 0 unspecified atom stereocenters. The Morgan fingerprint density at radius 3 is 2.82 bits per heavy atom. The molecule has 5 nitrogen and oxygen atoms in total. The van der Waals surface area contributed by atoms with E-state index < -0.39 is 0 Å². The van der Waals surface area contributed by atoms with Crippen LogP contribution in [0, 0.1) is 12.8 Å². The van der Waals surface area contributed by atoms with Crippen LogP contribution < -0.4 is 4.74 Å². The highest BCUT2D eigenvalue weighted by atomic mass is 35.5. The van der Waals surface area contributed by atoms with Crippen molar-refractivity contribution in [2.45, 2.75) is 32.7 Å². The van der Waals surface area contributed by atoms with Crippen LogP contribution in [0.15, 0.2) is 24.3 Å². The van der Waals surface area contributed by atoms with E-state index in [1.807, 2.05) is 20.0 Å². The van der Waals surface area contributed by atoms with Crippen molar-refractivity contribution < 1.29 is 4.74 Å². The van der Waals surface area contributed by atoms with E-state index in [0.29, 0.717) is 5.92 Å². The topological polar surface area (TPSA) is 33.5 Å². The summed E-state index contributed by atoms with van der Waals surface area (Å²) in [5.41, 5.74) is 3.47. The van der Waals surface area contributed by atoms with E-state index >= 15 is 0 Å². The van der Waals surface area contributed by atoms with E-state index in [0.717, 1.165) is 48.2 Å². The number of halogens is 1. The van der Waals surface area contributed by atoms with Crippen LogP contribution in [0.1, 0.15) is 29.7 Å². The average Bonchev–Trinajstić information content (AvgIpc) is 2.93. The summed E-state index contributed by atoms with van der Waals surface area (Å²) in [5, 5.41) is 5.19. The fourth-order valence-corrected chi connectivity index (χ4v) is 4.55. The second-order valence-electron chi connectivity index (χ2n) is 8.05. The minimum atomic E-state index is 0.701. The van der Waals surface area contributed by atoms with Gasteiger partial charge >= 0.3 is 0 Å². The second kappa shape index (κ2) is 9.77. The summed E-state index contributed by atoms with van der Waals surface area (Å²) in [5.74, 6) is 1.70. The number of likely N-dealkylation sites (tertiary alicyclic amines) is 1. The third-order valence-corrected chi connectivity index (χ3v) is 6.23. The zero-order chi connectivity index (χ0) is 20.1. The Bertz CT molecular complexity index is 776. The van der Waals surface area contributed by atoms with Gasteiger partial charge in [0.2, 0.25) is 0 Å². The van der Waals surface area contributed by atoms with Gasteiger partial charge in [-0.1, -0.05) is 29.8 Å². The van der Waals surface area contributed by atoms with Crippen LogP contribution in [-0.4, -0.2) is 59.9 Å². The molecule has 0 bridgehead atoms. The Morgan fingerprint density at radius 2 is 2.11 bits per heavy atom. The lowest BCUT2D eigenvalue weighted by molar-refractivity contribution is 0.142. The van der Waals surface area contributed by atoms with Crippen molar-refractivity contribution in [1.29, 1.82) is 0 Å². The van der Waals surface area contributed by atoms with Crippen LogP contribution in [0.5, 0.6) is 5.75 Å². The molecule has 1 fully saturated rings. The molecule has 28 heavy (non-hydrogen) atoms. The first-order valence-electron chi connectivity index (χ1n) is 10.2. The highest BCUT2D eigenvalue weighted by Crippen LogP contribution is 2.23. The van der Waals surface area contributed by atoms with Gasteiger partial charge in [0.05, 0.1) is 12.8 Å². The van der Waals surface area contributed by atoms with Gasteiger partial charge in [0, 0.05) is 38.8 Å². The molecule has 1 aromatic carbocycles. The Kier molecular flexibility index (Phi) is 7.38. The smallest absolute Gasteiger partial charge is 0.131 e. The molecule has 1 aliphatic rings. The molecule has 3 rings (SSSR count). The summed E-state index contributed by atoms with van der Waals surface area (Å²) in [6.07, 6.45) is 3.61. The number of hydrogen-bond acceptors (Lipinski definition) is 4. The molecule has 1 atom stereocenters. The predicted octanol–water partition coefficient (Wildman–Crippen LogP) is 3.78. The van der Waals surface area contributed by atoms with E-state index in [1.54, 1.807) is 11.8 Å². The molecule has 1 saturated heterocycles. The molecule has 0 radical (unpaired) electrons. The van der Waals surface area contributed by atoms with Crippen molar-refractivity contribution in [3.63, 3.8) is 0 Å². The lowest BCUT2D eigenvalue weighted by atomic mass is 9.97. The minimum absolute atomic E-state index is 0.701. The zero-order valence-corrected chi connectivity index (χ0v) is 18.4. The van der Waals surface area contributed by atoms with Crippen molar-refractivity contribution in [3.8, 4) is 5.75 Å². The number of benzene rings is 1. The van der Waals surface area contributed by atoms with Crippen LogP contribution in [0.25, 0.3) is 0 Å². The SMILES string of the molecule is COc1ccccc1CCN1CCC[C@@H](CN(C)Cc2c(C)nn(C)c2Cl)C1. The molecule has 0 aliphatic carbocycles. The molecule has 2 aromatic rings. The third-order valence-electron chi connectivity index (χ3n) is 5.76. The quantitative estimate of drug-likeness (QED) is 0.670. The van der Waals surface area contributed by atoms with Crippen molar-refractivity contribution in [2.24, 2.45) is 13.0 Å². The molecule has 2 heterocycles. The van der Waals surface area contributed by atoms with Gasteiger partial charge in [-0.3, -0.25) is 4.68 Å². The first-order chi connectivity index (χ1) is 13.5. The van der Waals surface area contributed by atoms with Gasteiger partial charge < -0.3 is 14.5 Å². The lowest BCUT2D eigenvalue weighted by Gasteiger charge is -2.35. The molecule has 1 aromatic heterocycles. The predicted molar refractivity (Wildman–Crippen MR) is 115 cm³/mol. The molecule has 0 saturated carbocycles. The van der Waals surface area contributed by atoms with E-state index in [9.17, 15) is 0 Å². The summed E-state index contributed by atoms with van der Waals surface area (Å²) >= 11 is 6.40. The first kappa shape index (κ1) is 21.2. The maximum absolute atomic E-state index is 6.40. The summed E-state index contributed by atoms with van der Waals surface area (Å²) < 4.78 is 7.26. The fraction of sp³-hybridized carbons (Fsp3) is 0.591. The zero-order valence-electron chi connectivity index (χ0n) is 17.6. The number of ether oxygens (including phenoxy) is 1. The molecular formula is C22H33ClN4O. The van der Waals surface area contributed by atoms with Gasteiger partial charge in [-0.15, -0.1) is 0 Å². The average molecular weight is 405 g/mol. The maximum Gasteiger partial charge on any atom is 0.131 e. The number of para-hydroxylation sites is 1. The van der Waals surface area contributed by atoms with Gasteiger partial charge in [-0.2, -0.15) is 5.10 Å². The van der Waals surface area contributed by atoms with Crippen molar-refractivity contribution >= 4 is 11.6 Å². The van der Waals surface area contributed by atoms with E-state index in [-0.39, 0.29) is 0 Å². The molecule has 1 aliphatic heterocycles. The third kappa shape index (κ3) is 5.28. The monoisotopic (exact) mass is 404 g/mol. The molecule has 0 N–H and O–H groups in total. The second-order valence-corrected chi connectivity index (χ2v) is 8.40. The van der Waals surface area contributed by atoms with Gasteiger partial charge in [0.25, 0.3) is 0 Å². The molecular weight excluding hydrogens is 372 g/mol. The van der Waals surface area contributed by atoms with E-state index in [1.165, 1.54) is 31.5 Å². The summed E-state index contributed by atoms with van der Waals surface area (Å²) in [6, 6.07) is 8.35. The number of rotatable bonds is 8. The molecule has 0 amide bonds. The normalized spacial score (nSPS) is 18.0. The van der Waals surface area contributed by atoms with Crippen molar-refractivity contribution in [2.75, 3.05) is 40.3 Å². The number of nitrogens with zero attached hydrogens (tertiary/aromatic N) is 4. The van der Waals surface area contributed by atoms with Gasteiger partial charge in [-0.05, 0) is 57.3 Å². The molecule has 6 heteroatoms. The number of piperidine rings is 1. The largest absolute Gasteiger partial charge is 0.496 e. The van der Waals surface area contributed by atoms with Crippen LogP contribution >= 0.6 is 11.6 Å². The maximum atomic E-state index is 6.40. The summed E-state index contributed by atoms with van der Waals surface area (Å²) in [6.45, 7) is 7.44. The number of aryl methyl sites for hydroxylation is 2. The Hall–Kier alpha value is -1.56. The van der Waals surface area contributed by atoms with E-state index in [4.69, 9.17) is 16.3 Å². The Morgan fingerprint density at radius 1 is 1.32 bits per heavy atom.